The minimum atomic E-state index is -0.727. The lowest BCUT2D eigenvalue weighted by atomic mass is 9.77. The molecule has 0 aliphatic heterocycles. The molecule has 4 aromatic carbocycles. The molecule has 0 aliphatic carbocycles. The van der Waals surface area contributed by atoms with Crippen molar-refractivity contribution in [2.45, 2.75) is 12.5 Å². The first kappa shape index (κ1) is 22.2. The Balaban J connectivity index is 1.72. The highest BCUT2D eigenvalue weighted by molar-refractivity contribution is 7.80. The summed E-state index contributed by atoms with van der Waals surface area (Å²) in [6, 6.07) is 36.0. The first-order chi connectivity index (χ1) is 16.1. The van der Waals surface area contributed by atoms with Gasteiger partial charge in [-0.3, -0.25) is 5.43 Å². The van der Waals surface area contributed by atoms with Crippen LogP contribution >= 0.6 is 12.2 Å². The van der Waals surface area contributed by atoms with Crippen LogP contribution in [0.25, 0.3) is 0 Å². The summed E-state index contributed by atoms with van der Waals surface area (Å²) in [6.45, 7) is 1.96. The molecule has 0 bridgehead atoms. The lowest BCUT2D eigenvalue weighted by molar-refractivity contribution is 0.474. The minimum Gasteiger partial charge on any atom is -0.507 e. The van der Waals surface area contributed by atoms with E-state index in [1.807, 2.05) is 73.7 Å². The zero-order valence-corrected chi connectivity index (χ0v) is 19.1. The summed E-state index contributed by atoms with van der Waals surface area (Å²) in [5.41, 5.74) is 6.99. The summed E-state index contributed by atoms with van der Waals surface area (Å²) >= 11 is 5.68. The quantitative estimate of drug-likeness (QED) is 0.157. The van der Waals surface area contributed by atoms with Crippen LogP contribution in [-0.4, -0.2) is 16.4 Å². The van der Waals surface area contributed by atoms with Gasteiger partial charge in [-0.2, -0.15) is 5.10 Å². The number of thiocarbonyl (C=S) groups is 1. The fourth-order valence-electron chi connectivity index (χ4n) is 3.92. The van der Waals surface area contributed by atoms with Crippen molar-refractivity contribution in [1.29, 1.82) is 0 Å². The Labute approximate surface area is 199 Å². The fourth-order valence-corrected chi connectivity index (χ4v) is 4.12. The molecule has 0 aliphatic rings. The Morgan fingerprint density at radius 1 is 0.788 bits per heavy atom. The molecule has 0 radical (unpaired) electrons. The lowest BCUT2D eigenvalue weighted by Crippen LogP contribution is -2.50. The summed E-state index contributed by atoms with van der Waals surface area (Å²) in [5, 5.41) is 18.2. The van der Waals surface area contributed by atoms with Crippen LogP contribution in [0.3, 0.4) is 0 Å². The molecule has 0 saturated carbocycles. The van der Waals surface area contributed by atoms with Gasteiger partial charge >= 0.3 is 0 Å². The van der Waals surface area contributed by atoms with E-state index in [1.54, 1.807) is 12.3 Å². The van der Waals surface area contributed by atoms with Crippen molar-refractivity contribution in [2.75, 3.05) is 0 Å². The standard InChI is InChI=1S/C28H25N3OS/c1-21-17-18-26(32)22(19-21)20-29-31-27(33)30-28(23-11-5-2-6-12-23,24-13-7-3-8-14-24)25-15-9-4-10-16-25/h2-20,32H,1H3,(H2,30,31,33)/b29-20+. The third-order valence-electron chi connectivity index (χ3n) is 5.47. The molecular formula is C28H25N3OS. The van der Waals surface area contributed by atoms with E-state index < -0.39 is 5.54 Å². The maximum Gasteiger partial charge on any atom is 0.188 e. The number of phenolic OH excluding ortho intramolecular Hbond substituents is 1. The van der Waals surface area contributed by atoms with Gasteiger partial charge in [0.15, 0.2) is 5.11 Å². The van der Waals surface area contributed by atoms with Crippen LogP contribution in [0.2, 0.25) is 0 Å². The van der Waals surface area contributed by atoms with Gasteiger partial charge in [-0.05, 0) is 48.0 Å². The van der Waals surface area contributed by atoms with Gasteiger partial charge in [0.1, 0.15) is 11.3 Å². The second-order valence-electron chi connectivity index (χ2n) is 7.73. The normalized spacial score (nSPS) is 11.3. The molecule has 0 unspecified atom stereocenters. The molecule has 0 atom stereocenters. The average molecular weight is 452 g/mol. The van der Waals surface area contributed by atoms with Crippen LogP contribution in [0.4, 0.5) is 0 Å². The van der Waals surface area contributed by atoms with Crippen LogP contribution in [0.15, 0.2) is 114 Å². The zero-order valence-electron chi connectivity index (χ0n) is 18.3. The van der Waals surface area contributed by atoms with Crippen molar-refractivity contribution >= 4 is 23.5 Å². The average Bonchev–Trinajstić information content (AvgIpc) is 2.86. The number of nitrogens with one attached hydrogen (secondary N) is 2. The van der Waals surface area contributed by atoms with Crippen LogP contribution < -0.4 is 10.7 Å². The molecule has 0 spiro atoms. The number of hydrogen-bond acceptors (Lipinski definition) is 3. The maximum absolute atomic E-state index is 10.1. The third kappa shape index (κ3) is 4.94. The SMILES string of the molecule is Cc1ccc(O)c(/C=N/NC(=S)NC(c2ccccc2)(c2ccccc2)c2ccccc2)c1. The van der Waals surface area contributed by atoms with E-state index in [-0.39, 0.29) is 5.75 Å². The van der Waals surface area contributed by atoms with Gasteiger partial charge in [-0.15, -0.1) is 0 Å². The molecule has 0 amide bonds. The van der Waals surface area contributed by atoms with Crippen molar-refractivity contribution in [1.82, 2.24) is 10.7 Å². The molecule has 4 aromatic rings. The molecule has 0 saturated heterocycles. The summed E-state index contributed by atoms with van der Waals surface area (Å²) in [5.74, 6) is 0.164. The Hall–Kier alpha value is -3.96. The molecular weight excluding hydrogens is 426 g/mol. The van der Waals surface area contributed by atoms with Crippen LogP contribution in [0.5, 0.6) is 5.75 Å². The van der Waals surface area contributed by atoms with Crippen molar-refractivity contribution in [2.24, 2.45) is 5.10 Å². The highest BCUT2D eigenvalue weighted by atomic mass is 32.1. The third-order valence-corrected chi connectivity index (χ3v) is 5.67. The van der Waals surface area contributed by atoms with E-state index in [4.69, 9.17) is 12.2 Å². The Bertz CT molecular complexity index is 1150. The zero-order chi connectivity index (χ0) is 23.1. The van der Waals surface area contributed by atoms with Crippen molar-refractivity contribution in [3.63, 3.8) is 0 Å². The van der Waals surface area contributed by atoms with Crippen molar-refractivity contribution in [3.8, 4) is 5.75 Å². The monoisotopic (exact) mass is 451 g/mol. The molecule has 164 valence electrons. The first-order valence-corrected chi connectivity index (χ1v) is 11.1. The Morgan fingerprint density at radius 2 is 1.27 bits per heavy atom. The predicted molar refractivity (Wildman–Crippen MR) is 139 cm³/mol. The number of aryl methyl sites for hydroxylation is 1. The predicted octanol–water partition coefficient (Wildman–Crippen LogP) is 5.49. The fraction of sp³-hybridized carbons (Fsp3) is 0.0714. The molecule has 33 heavy (non-hydrogen) atoms. The van der Waals surface area contributed by atoms with Gasteiger partial charge < -0.3 is 10.4 Å². The molecule has 5 heteroatoms. The largest absolute Gasteiger partial charge is 0.507 e. The number of nitrogens with zero attached hydrogens (tertiary/aromatic N) is 1. The van der Waals surface area contributed by atoms with E-state index >= 15 is 0 Å². The highest BCUT2D eigenvalue weighted by Gasteiger charge is 2.36. The Kier molecular flexibility index (Phi) is 6.81. The summed E-state index contributed by atoms with van der Waals surface area (Å²) in [4.78, 5) is 0. The summed E-state index contributed by atoms with van der Waals surface area (Å²) < 4.78 is 0. The maximum atomic E-state index is 10.1. The molecule has 4 nitrogen and oxygen atoms in total. The van der Waals surface area contributed by atoms with Crippen LogP contribution in [0.1, 0.15) is 27.8 Å². The van der Waals surface area contributed by atoms with E-state index in [2.05, 4.69) is 52.2 Å². The molecule has 0 heterocycles. The van der Waals surface area contributed by atoms with Crippen molar-refractivity contribution in [3.05, 3.63) is 137 Å². The molecule has 0 fully saturated rings. The van der Waals surface area contributed by atoms with Gasteiger partial charge in [-0.25, -0.2) is 0 Å². The second kappa shape index (κ2) is 10.1. The van der Waals surface area contributed by atoms with E-state index in [9.17, 15) is 5.11 Å². The minimum absolute atomic E-state index is 0.164. The van der Waals surface area contributed by atoms with Crippen molar-refractivity contribution < 1.29 is 5.11 Å². The molecule has 0 aromatic heterocycles. The van der Waals surface area contributed by atoms with Gasteiger partial charge in [0.05, 0.1) is 6.21 Å². The number of benzene rings is 4. The number of hydrogen-bond donors (Lipinski definition) is 3. The summed E-state index contributed by atoms with van der Waals surface area (Å²) in [6.07, 6.45) is 1.56. The molecule has 4 rings (SSSR count). The first-order valence-electron chi connectivity index (χ1n) is 10.7. The number of hydrazone groups is 1. The number of aromatic hydroxyl groups is 1. The topological polar surface area (TPSA) is 56.7 Å². The van der Waals surface area contributed by atoms with Gasteiger partial charge in [0, 0.05) is 5.56 Å². The van der Waals surface area contributed by atoms with Crippen LogP contribution in [-0.2, 0) is 5.54 Å². The smallest absolute Gasteiger partial charge is 0.188 e. The van der Waals surface area contributed by atoms with E-state index in [1.165, 1.54) is 0 Å². The highest BCUT2D eigenvalue weighted by Crippen LogP contribution is 2.36. The van der Waals surface area contributed by atoms with Gasteiger partial charge in [0.25, 0.3) is 0 Å². The second-order valence-corrected chi connectivity index (χ2v) is 8.14. The van der Waals surface area contributed by atoms with E-state index in [0.717, 1.165) is 22.3 Å². The van der Waals surface area contributed by atoms with Gasteiger partial charge in [0.2, 0.25) is 0 Å². The molecule has 3 N–H and O–H groups in total. The number of rotatable bonds is 6. The van der Waals surface area contributed by atoms with Crippen LogP contribution in [0, 0.1) is 6.92 Å². The lowest BCUT2D eigenvalue weighted by Gasteiger charge is -2.37. The number of phenols is 1. The van der Waals surface area contributed by atoms with Gasteiger partial charge in [-0.1, -0.05) is 103 Å². The van der Waals surface area contributed by atoms with E-state index in [0.29, 0.717) is 10.7 Å². The Morgan fingerprint density at radius 3 is 1.76 bits per heavy atom. The summed E-state index contributed by atoms with van der Waals surface area (Å²) in [7, 11) is 0.